The van der Waals surface area contributed by atoms with Crippen LogP contribution in [0.1, 0.15) is 45.6 Å². The van der Waals surface area contributed by atoms with E-state index in [2.05, 4.69) is 41.3 Å². The fourth-order valence-electron chi connectivity index (χ4n) is 4.55. The lowest BCUT2D eigenvalue weighted by molar-refractivity contribution is -0.176. The Morgan fingerprint density at radius 2 is 1.90 bits per heavy atom. The smallest absolute Gasteiger partial charge is 0.191 e. The number of likely N-dealkylation sites (tertiary alicyclic amines) is 1. The molecule has 1 heterocycles. The fraction of sp³-hybridized carbons (Fsp3) is 0.696. The lowest BCUT2D eigenvalue weighted by atomic mass is 9.56. The molecule has 2 aliphatic rings. The summed E-state index contributed by atoms with van der Waals surface area (Å²) in [4.78, 5) is 6.81. The van der Waals surface area contributed by atoms with Crippen molar-refractivity contribution in [3.8, 4) is 5.75 Å². The number of hydrogen-bond donors (Lipinski definition) is 2. The number of hydrogen-bond acceptors (Lipinski definition) is 4. The zero-order chi connectivity index (χ0) is 21.9. The van der Waals surface area contributed by atoms with E-state index >= 15 is 0 Å². The number of nitrogens with zero attached hydrogens (tertiary/aromatic N) is 2. The second-order valence-corrected chi connectivity index (χ2v) is 9.29. The van der Waals surface area contributed by atoms with Gasteiger partial charge in [0, 0.05) is 51.3 Å². The van der Waals surface area contributed by atoms with Gasteiger partial charge in [0.05, 0.1) is 12.7 Å². The van der Waals surface area contributed by atoms with Gasteiger partial charge in [0.15, 0.2) is 17.5 Å². The van der Waals surface area contributed by atoms with Crippen LogP contribution in [-0.4, -0.2) is 62.9 Å². The summed E-state index contributed by atoms with van der Waals surface area (Å²) in [6.45, 7) is 9.35. The predicted molar refractivity (Wildman–Crippen MR) is 118 cm³/mol. The van der Waals surface area contributed by atoms with Gasteiger partial charge in [0.2, 0.25) is 0 Å². The molecule has 1 aromatic carbocycles. The molecule has 2 atom stereocenters. The average molecular weight is 421 g/mol. The third-order valence-electron chi connectivity index (χ3n) is 7.36. The Labute approximate surface area is 180 Å². The Bertz CT molecular complexity index is 762. The van der Waals surface area contributed by atoms with Crippen LogP contribution in [0.3, 0.4) is 0 Å². The highest BCUT2D eigenvalue weighted by Gasteiger charge is 2.58. The molecule has 2 N–H and O–H groups in total. The third-order valence-corrected chi connectivity index (χ3v) is 7.36. The van der Waals surface area contributed by atoms with Gasteiger partial charge in [-0.3, -0.25) is 9.89 Å². The minimum absolute atomic E-state index is 0.0381. The molecule has 1 aromatic rings. The molecule has 30 heavy (non-hydrogen) atoms. The molecular weight excluding hydrogens is 383 g/mol. The standard InChI is InChI=1S/C23H37FN4O2/c1-22(2)20(14-23(22,3)30-6)27-21(25-4)26-17-9-11-28(12-10-17)15-16-7-8-19(29-5)18(24)13-16/h7-8,13,17,20H,9-12,14-15H2,1-6H3,(H2,25,26,27). The maximum Gasteiger partial charge on any atom is 0.191 e. The second kappa shape index (κ2) is 9.10. The van der Waals surface area contributed by atoms with E-state index in [1.165, 1.54) is 7.11 Å². The molecule has 1 aliphatic carbocycles. The number of guanidine groups is 1. The number of halogens is 1. The second-order valence-electron chi connectivity index (χ2n) is 9.29. The SMILES string of the molecule is CN=C(NC1CCN(Cc2ccc(OC)c(F)c2)CC1)NC1CC(C)(OC)C1(C)C. The molecular formula is C23H37FN4O2. The zero-order valence-electron chi connectivity index (χ0n) is 19.2. The van der Waals surface area contributed by atoms with Crippen molar-refractivity contribution in [3.05, 3.63) is 29.6 Å². The van der Waals surface area contributed by atoms with E-state index in [0.29, 0.717) is 17.8 Å². The van der Waals surface area contributed by atoms with E-state index in [1.54, 1.807) is 19.2 Å². The van der Waals surface area contributed by atoms with Crippen LogP contribution >= 0.6 is 0 Å². The van der Waals surface area contributed by atoms with Crippen molar-refractivity contribution >= 4 is 5.96 Å². The quantitative estimate of drug-likeness (QED) is 0.547. The monoisotopic (exact) mass is 420 g/mol. The summed E-state index contributed by atoms with van der Waals surface area (Å²) in [5, 5.41) is 7.18. The molecule has 3 rings (SSSR count). The topological polar surface area (TPSA) is 58.1 Å². The molecule has 2 fully saturated rings. The Morgan fingerprint density at radius 3 is 2.43 bits per heavy atom. The van der Waals surface area contributed by atoms with Crippen LogP contribution in [-0.2, 0) is 11.3 Å². The van der Waals surface area contributed by atoms with Crippen LogP contribution in [0.2, 0.25) is 0 Å². The molecule has 168 valence electrons. The largest absolute Gasteiger partial charge is 0.494 e. The third kappa shape index (κ3) is 4.57. The van der Waals surface area contributed by atoms with Crippen molar-refractivity contribution in [1.29, 1.82) is 0 Å². The van der Waals surface area contributed by atoms with E-state index in [9.17, 15) is 4.39 Å². The van der Waals surface area contributed by atoms with Crippen molar-refractivity contribution in [2.45, 2.75) is 64.3 Å². The highest BCUT2D eigenvalue weighted by Crippen LogP contribution is 2.51. The predicted octanol–water partition coefficient (Wildman–Crippen LogP) is 3.17. The first-order valence-corrected chi connectivity index (χ1v) is 10.8. The van der Waals surface area contributed by atoms with E-state index < -0.39 is 0 Å². The van der Waals surface area contributed by atoms with Gasteiger partial charge in [-0.25, -0.2) is 4.39 Å². The van der Waals surface area contributed by atoms with E-state index in [-0.39, 0.29) is 16.8 Å². The molecule has 0 amide bonds. The number of aliphatic imine (C=N–C) groups is 1. The van der Waals surface area contributed by atoms with Crippen LogP contribution in [0.4, 0.5) is 4.39 Å². The minimum atomic E-state index is -0.301. The van der Waals surface area contributed by atoms with E-state index in [0.717, 1.165) is 50.4 Å². The molecule has 0 spiro atoms. The molecule has 2 unspecified atom stereocenters. The van der Waals surface area contributed by atoms with Crippen molar-refractivity contribution in [1.82, 2.24) is 15.5 Å². The molecule has 0 aromatic heterocycles. The van der Waals surface area contributed by atoms with Gasteiger partial charge < -0.3 is 20.1 Å². The summed E-state index contributed by atoms with van der Waals surface area (Å²) in [7, 11) is 5.10. The summed E-state index contributed by atoms with van der Waals surface area (Å²) in [6.07, 6.45) is 3.03. The number of ether oxygens (including phenoxy) is 2. The van der Waals surface area contributed by atoms with Crippen LogP contribution in [0.5, 0.6) is 5.75 Å². The number of nitrogens with one attached hydrogen (secondary N) is 2. The summed E-state index contributed by atoms with van der Waals surface area (Å²) < 4.78 is 24.7. The maximum absolute atomic E-state index is 13.9. The minimum Gasteiger partial charge on any atom is -0.494 e. The summed E-state index contributed by atoms with van der Waals surface area (Å²) in [5.41, 5.74) is 0.914. The molecule has 7 heteroatoms. The van der Waals surface area contributed by atoms with Gasteiger partial charge in [-0.15, -0.1) is 0 Å². The maximum atomic E-state index is 13.9. The average Bonchev–Trinajstić information content (AvgIpc) is 2.74. The number of methoxy groups -OCH3 is 2. The van der Waals surface area contributed by atoms with Gasteiger partial charge in [-0.1, -0.05) is 19.9 Å². The Morgan fingerprint density at radius 1 is 1.20 bits per heavy atom. The van der Waals surface area contributed by atoms with Crippen LogP contribution in [0.25, 0.3) is 0 Å². The summed E-state index contributed by atoms with van der Waals surface area (Å²) in [5.74, 6) is 0.854. The van der Waals surface area contributed by atoms with Crippen molar-refractivity contribution < 1.29 is 13.9 Å². The summed E-state index contributed by atoms with van der Waals surface area (Å²) in [6, 6.07) is 5.93. The van der Waals surface area contributed by atoms with Gasteiger partial charge in [-0.2, -0.15) is 0 Å². The lowest BCUT2D eigenvalue weighted by Gasteiger charge is -2.59. The van der Waals surface area contributed by atoms with Crippen LogP contribution in [0, 0.1) is 11.2 Å². The van der Waals surface area contributed by atoms with E-state index in [1.807, 2.05) is 13.1 Å². The van der Waals surface area contributed by atoms with Gasteiger partial charge in [-0.05, 0) is 43.9 Å². The lowest BCUT2D eigenvalue weighted by Crippen LogP contribution is -2.69. The molecule has 1 saturated heterocycles. The first-order chi connectivity index (χ1) is 14.2. The zero-order valence-corrected chi connectivity index (χ0v) is 19.2. The van der Waals surface area contributed by atoms with Crippen LogP contribution < -0.4 is 15.4 Å². The van der Waals surface area contributed by atoms with Crippen molar-refractivity contribution in [2.75, 3.05) is 34.4 Å². The Balaban J connectivity index is 1.46. The highest BCUT2D eigenvalue weighted by molar-refractivity contribution is 5.80. The van der Waals surface area contributed by atoms with Gasteiger partial charge in [0.25, 0.3) is 0 Å². The summed E-state index contributed by atoms with van der Waals surface area (Å²) >= 11 is 0. The number of rotatable bonds is 6. The molecule has 6 nitrogen and oxygen atoms in total. The Hall–Kier alpha value is -1.86. The fourth-order valence-corrected chi connectivity index (χ4v) is 4.55. The number of benzene rings is 1. The van der Waals surface area contributed by atoms with Crippen molar-refractivity contribution in [3.63, 3.8) is 0 Å². The first kappa shape index (κ1) is 22.8. The Kier molecular flexibility index (Phi) is 6.92. The molecule has 1 saturated carbocycles. The normalized spacial score (nSPS) is 27.4. The van der Waals surface area contributed by atoms with E-state index in [4.69, 9.17) is 9.47 Å². The molecule has 1 aliphatic heterocycles. The first-order valence-electron chi connectivity index (χ1n) is 10.8. The molecule has 0 bridgehead atoms. The van der Waals surface area contributed by atoms with Crippen LogP contribution in [0.15, 0.2) is 23.2 Å². The number of piperidine rings is 1. The highest BCUT2D eigenvalue weighted by atomic mass is 19.1. The van der Waals surface area contributed by atoms with Gasteiger partial charge >= 0.3 is 0 Å². The van der Waals surface area contributed by atoms with Gasteiger partial charge in [0.1, 0.15) is 0 Å². The van der Waals surface area contributed by atoms with Crippen molar-refractivity contribution in [2.24, 2.45) is 10.4 Å². The molecule has 0 radical (unpaired) electrons.